The number of esters is 1. The lowest BCUT2D eigenvalue weighted by Crippen LogP contribution is -2.11. The van der Waals surface area contributed by atoms with Gasteiger partial charge in [0, 0.05) is 22.7 Å². The molecule has 0 spiro atoms. The van der Waals surface area contributed by atoms with Crippen molar-refractivity contribution in [3.8, 4) is 11.4 Å². The van der Waals surface area contributed by atoms with Gasteiger partial charge in [-0.1, -0.05) is 35.0 Å². The lowest BCUT2D eigenvalue weighted by Gasteiger charge is -2.07. The van der Waals surface area contributed by atoms with Gasteiger partial charge in [-0.25, -0.2) is 0 Å². The summed E-state index contributed by atoms with van der Waals surface area (Å²) in [6.45, 7) is -0.144. The van der Waals surface area contributed by atoms with Gasteiger partial charge in [-0.15, -0.1) is 0 Å². The molecular weight excluding hydrogens is 434 g/mol. The zero-order chi connectivity index (χ0) is 22.3. The van der Waals surface area contributed by atoms with E-state index in [1.165, 1.54) is 0 Å². The molecule has 4 rings (SSSR count). The average molecular weight is 452 g/mol. The summed E-state index contributed by atoms with van der Waals surface area (Å²) in [5, 5.41) is 7.55. The van der Waals surface area contributed by atoms with Crippen LogP contribution in [0.25, 0.3) is 11.4 Å². The number of hydrogen-bond acceptors (Lipinski definition) is 10. The van der Waals surface area contributed by atoms with E-state index in [2.05, 4.69) is 30.4 Å². The van der Waals surface area contributed by atoms with Crippen LogP contribution in [-0.2, 0) is 22.6 Å². The molecule has 162 valence electrons. The molecule has 0 saturated carbocycles. The van der Waals surface area contributed by atoms with Crippen LogP contribution < -0.4 is 11.1 Å². The molecule has 0 unspecified atom stereocenters. The van der Waals surface area contributed by atoms with Gasteiger partial charge in [0.2, 0.25) is 23.6 Å². The topological polar surface area (TPSA) is 142 Å². The largest absolute Gasteiger partial charge is 0.457 e. The van der Waals surface area contributed by atoms with Gasteiger partial charge < -0.3 is 20.3 Å². The number of aromatic nitrogens is 5. The first kappa shape index (κ1) is 21.2. The molecule has 0 aliphatic carbocycles. The fourth-order valence-corrected chi connectivity index (χ4v) is 2.83. The van der Waals surface area contributed by atoms with Crippen molar-refractivity contribution in [3.05, 3.63) is 71.3 Å². The van der Waals surface area contributed by atoms with E-state index in [0.29, 0.717) is 16.7 Å². The Bertz CT molecular complexity index is 1200. The first-order valence-corrected chi connectivity index (χ1v) is 9.99. The number of anilines is 3. The number of nitrogens with one attached hydrogen (secondary N) is 1. The lowest BCUT2D eigenvalue weighted by molar-refractivity contribution is -0.145. The fraction of sp³-hybridized carbons (Fsp3) is 0.143. The highest BCUT2D eigenvalue weighted by atomic mass is 35.5. The summed E-state index contributed by atoms with van der Waals surface area (Å²) in [5.74, 6) is 0.787. The Balaban J connectivity index is 1.29. The molecule has 0 amide bonds. The number of nitrogens with zero attached hydrogens (tertiary/aromatic N) is 5. The molecule has 32 heavy (non-hydrogen) atoms. The molecule has 0 radical (unpaired) electrons. The third-order valence-corrected chi connectivity index (χ3v) is 4.46. The number of carbonyl (C=O) groups excluding carboxylic acids is 1. The van der Waals surface area contributed by atoms with Gasteiger partial charge in [-0.3, -0.25) is 4.79 Å². The summed E-state index contributed by atoms with van der Waals surface area (Å²) in [4.78, 5) is 28.6. The van der Waals surface area contributed by atoms with E-state index < -0.39 is 5.97 Å². The van der Waals surface area contributed by atoms with Gasteiger partial charge in [0.15, 0.2) is 12.4 Å². The van der Waals surface area contributed by atoms with Crippen molar-refractivity contribution in [3.63, 3.8) is 0 Å². The van der Waals surface area contributed by atoms with Crippen LogP contribution in [0.5, 0.6) is 0 Å². The Morgan fingerprint density at radius 2 is 1.81 bits per heavy atom. The van der Waals surface area contributed by atoms with E-state index in [0.717, 1.165) is 11.3 Å². The minimum atomic E-state index is -0.465. The first-order chi connectivity index (χ1) is 15.5. The zero-order valence-corrected chi connectivity index (χ0v) is 17.5. The highest BCUT2D eigenvalue weighted by Crippen LogP contribution is 2.19. The third kappa shape index (κ3) is 5.76. The van der Waals surface area contributed by atoms with Crippen LogP contribution in [0, 0.1) is 0 Å². The van der Waals surface area contributed by atoms with Crippen molar-refractivity contribution >= 4 is 35.2 Å². The summed E-state index contributed by atoms with van der Waals surface area (Å²) in [7, 11) is 0. The number of hydrogen-bond donors (Lipinski definition) is 2. The maximum absolute atomic E-state index is 12.1. The Labute approximate surface area is 187 Å². The molecular formula is C21H18ClN7O3. The normalized spacial score (nSPS) is 10.7. The van der Waals surface area contributed by atoms with Gasteiger partial charge in [0.25, 0.3) is 0 Å². The van der Waals surface area contributed by atoms with Gasteiger partial charge in [0.05, 0.1) is 6.42 Å². The van der Waals surface area contributed by atoms with Crippen LogP contribution in [0.1, 0.15) is 18.1 Å². The Morgan fingerprint density at radius 1 is 1.03 bits per heavy atom. The molecule has 11 heteroatoms. The lowest BCUT2D eigenvalue weighted by atomic mass is 10.2. The highest BCUT2D eigenvalue weighted by Gasteiger charge is 2.13. The van der Waals surface area contributed by atoms with Crippen LogP contribution in [0.15, 0.2) is 59.1 Å². The van der Waals surface area contributed by atoms with Gasteiger partial charge in [-0.2, -0.15) is 19.9 Å². The average Bonchev–Trinajstić information content (AvgIpc) is 3.26. The molecule has 0 aliphatic rings. The zero-order valence-electron chi connectivity index (χ0n) is 16.7. The predicted octanol–water partition coefficient (Wildman–Crippen LogP) is 3.58. The number of rotatable bonds is 8. The fourth-order valence-electron chi connectivity index (χ4n) is 2.71. The van der Waals surface area contributed by atoms with Crippen molar-refractivity contribution in [1.82, 2.24) is 25.1 Å². The minimum Gasteiger partial charge on any atom is -0.457 e. The third-order valence-electron chi connectivity index (χ3n) is 4.20. The second-order valence-electron chi connectivity index (χ2n) is 6.60. The standard InChI is InChI=1S/C21H18ClN7O3/c22-14-8-6-13(7-9-14)19-27-17(32-29-19)10-11-18(30)31-12-16-25-20(23)28-21(26-16)24-15-4-2-1-3-5-15/h1-9H,10-12H2,(H3,23,24,25,26,28). The Hall–Kier alpha value is -4.05. The van der Waals surface area contributed by atoms with Crippen LogP contribution in [-0.4, -0.2) is 31.1 Å². The number of ether oxygens (including phenoxy) is 1. The number of para-hydroxylation sites is 1. The Morgan fingerprint density at radius 3 is 2.59 bits per heavy atom. The molecule has 0 saturated heterocycles. The first-order valence-electron chi connectivity index (χ1n) is 9.62. The number of benzene rings is 2. The SMILES string of the molecule is Nc1nc(COC(=O)CCc2nc(-c3ccc(Cl)cc3)no2)nc(Nc2ccccc2)n1. The predicted molar refractivity (Wildman–Crippen MR) is 117 cm³/mol. The molecule has 0 atom stereocenters. The molecule has 0 bridgehead atoms. The summed E-state index contributed by atoms with van der Waals surface area (Å²) >= 11 is 5.88. The number of nitrogens with two attached hydrogens (primary N) is 1. The maximum Gasteiger partial charge on any atom is 0.306 e. The van der Waals surface area contributed by atoms with Gasteiger partial charge in [-0.05, 0) is 36.4 Å². The number of halogens is 1. The van der Waals surface area contributed by atoms with E-state index >= 15 is 0 Å². The van der Waals surface area contributed by atoms with E-state index in [9.17, 15) is 4.79 Å². The smallest absolute Gasteiger partial charge is 0.306 e. The molecule has 0 fully saturated rings. The van der Waals surface area contributed by atoms with E-state index in [4.69, 9.17) is 26.6 Å². The van der Waals surface area contributed by atoms with Gasteiger partial charge >= 0.3 is 5.97 Å². The summed E-state index contributed by atoms with van der Waals surface area (Å²) in [6.07, 6.45) is 0.289. The van der Waals surface area contributed by atoms with E-state index in [-0.39, 0.29) is 37.2 Å². The Kier molecular flexibility index (Phi) is 6.52. The van der Waals surface area contributed by atoms with Crippen molar-refractivity contribution in [1.29, 1.82) is 0 Å². The summed E-state index contributed by atoms with van der Waals surface area (Å²) in [6, 6.07) is 16.4. The minimum absolute atomic E-state index is 0.0186. The maximum atomic E-state index is 12.1. The molecule has 10 nitrogen and oxygen atoms in total. The van der Waals surface area contributed by atoms with E-state index in [1.807, 2.05) is 30.3 Å². The monoisotopic (exact) mass is 451 g/mol. The summed E-state index contributed by atoms with van der Waals surface area (Å²) < 4.78 is 10.4. The molecule has 2 heterocycles. The van der Waals surface area contributed by atoms with Crippen molar-refractivity contribution in [2.75, 3.05) is 11.1 Å². The molecule has 0 aliphatic heterocycles. The second kappa shape index (κ2) is 9.84. The summed E-state index contributed by atoms with van der Waals surface area (Å²) in [5.41, 5.74) is 7.29. The van der Waals surface area contributed by atoms with Crippen molar-refractivity contribution < 1.29 is 14.1 Å². The molecule has 2 aromatic heterocycles. The number of carbonyl (C=O) groups is 1. The van der Waals surface area contributed by atoms with Crippen LogP contribution in [0.2, 0.25) is 5.02 Å². The van der Waals surface area contributed by atoms with E-state index in [1.54, 1.807) is 24.3 Å². The number of nitrogen functional groups attached to an aromatic ring is 1. The van der Waals surface area contributed by atoms with Crippen molar-refractivity contribution in [2.45, 2.75) is 19.4 Å². The molecule has 2 aromatic carbocycles. The number of aryl methyl sites for hydroxylation is 1. The highest BCUT2D eigenvalue weighted by molar-refractivity contribution is 6.30. The van der Waals surface area contributed by atoms with Crippen LogP contribution in [0.4, 0.5) is 17.6 Å². The quantitative estimate of drug-likeness (QED) is 0.381. The van der Waals surface area contributed by atoms with Crippen LogP contribution >= 0.6 is 11.6 Å². The van der Waals surface area contributed by atoms with Crippen LogP contribution in [0.3, 0.4) is 0 Å². The van der Waals surface area contributed by atoms with Crippen molar-refractivity contribution in [2.24, 2.45) is 0 Å². The molecule has 4 aromatic rings. The molecule has 3 N–H and O–H groups in total. The van der Waals surface area contributed by atoms with Gasteiger partial charge in [0.1, 0.15) is 0 Å². The second-order valence-corrected chi connectivity index (χ2v) is 7.04.